The Morgan fingerprint density at radius 2 is 1.90 bits per heavy atom. The summed E-state index contributed by atoms with van der Waals surface area (Å²) in [6.07, 6.45) is -0.663. The fourth-order valence-electron chi connectivity index (χ4n) is 3.30. The number of para-hydroxylation sites is 1. The van der Waals surface area contributed by atoms with Gasteiger partial charge in [-0.15, -0.1) is 0 Å². The number of aliphatic hydroxyl groups is 1. The Hall–Kier alpha value is -3.42. The van der Waals surface area contributed by atoms with Gasteiger partial charge in [0.05, 0.1) is 7.11 Å². The summed E-state index contributed by atoms with van der Waals surface area (Å²) in [7, 11) is 1.64. The molecule has 160 valence electrons. The lowest BCUT2D eigenvalue weighted by Crippen LogP contribution is -2.31. The third kappa shape index (κ3) is 5.02. The number of aliphatic hydroxyl groups excluding tert-OH is 1. The molecular formula is C24H23FN2O4. The predicted octanol–water partition coefficient (Wildman–Crippen LogP) is 4.17. The zero-order valence-corrected chi connectivity index (χ0v) is 17.0. The first-order chi connectivity index (χ1) is 15.1. The van der Waals surface area contributed by atoms with E-state index in [-0.39, 0.29) is 12.4 Å². The summed E-state index contributed by atoms with van der Waals surface area (Å²) >= 11 is 0. The van der Waals surface area contributed by atoms with Crippen LogP contribution in [0.15, 0.2) is 71.3 Å². The van der Waals surface area contributed by atoms with E-state index in [1.54, 1.807) is 25.3 Å². The van der Waals surface area contributed by atoms with Gasteiger partial charge in [0.15, 0.2) is 5.58 Å². The lowest BCUT2D eigenvalue weighted by Gasteiger charge is -2.14. The van der Waals surface area contributed by atoms with Crippen LogP contribution in [0.2, 0.25) is 0 Å². The molecule has 2 N–H and O–H groups in total. The SMILES string of the molecule is COc1ccccc1CNC[C@H](O)COc1ccc(-c2noc3cc(F)ccc23)cc1. The highest BCUT2D eigenvalue weighted by Gasteiger charge is 2.12. The molecule has 0 aliphatic carbocycles. The number of hydrogen-bond acceptors (Lipinski definition) is 6. The van der Waals surface area contributed by atoms with Gasteiger partial charge in [0.2, 0.25) is 0 Å². The summed E-state index contributed by atoms with van der Waals surface area (Å²) < 4.78 is 29.5. The summed E-state index contributed by atoms with van der Waals surface area (Å²) in [5.74, 6) is 1.08. The van der Waals surface area contributed by atoms with E-state index in [2.05, 4.69) is 10.5 Å². The molecule has 0 amide bonds. The van der Waals surface area contributed by atoms with Crippen molar-refractivity contribution >= 4 is 11.0 Å². The van der Waals surface area contributed by atoms with E-state index in [1.165, 1.54) is 12.1 Å². The van der Waals surface area contributed by atoms with Gasteiger partial charge in [-0.1, -0.05) is 23.4 Å². The van der Waals surface area contributed by atoms with Crippen LogP contribution in [-0.2, 0) is 6.54 Å². The Balaban J connectivity index is 1.29. The molecule has 0 unspecified atom stereocenters. The lowest BCUT2D eigenvalue weighted by atomic mass is 10.1. The van der Waals surface area contributed by atoms with Gasteiger partial charge in [0.1, 0.15) is 35.7 Å². The number of aromatic nitrogens is 1. The maximum Gasteiger partial charge on any atom is 0.170 e. The highest BCUT2D eigenvalue weighted by atomic mass is 19.1. The monoisotopic (exact) mass is 422 g/mol. The number of halogens is 1. The van der Waals surface area contributed by atoms with Gasteiger partial charge in [0.25, 0.3) is 0 Å². The average Bonchev–Trinajstić information content (AvgIpc) is 3.21. The minimum absolute atomic E-state index is 0.157. The minimum atomic E-state index is -0.663. The van der Waals surface area contributed by atoms with Crippen molar-refractivity contribution in [1.29, 1.82) is 0 Å². The van der Waals surface area contributed by atoms with Crippen molar-refractivity contribution < 1.29 is 23.5 Å². The number of methoxy groups -OCH3 is 1. The number of fused-ring (bicyclic) bond motifs is 1. The standard InChI is InChI=1S/C24H23FN2O4/c1-29-22-5-3-2-4-17(22)13-26-14-19(28)15-30-20-9-6-16(7-10-20)24-21-11-8-18(25)12-23(21)31-27-24/h2-12,19,26,28H,13-15H2,1H3/t19-/m0/s1. The van der Waals surface area contributed by atoms with Crippen LogP contribution in [0.25, 0.3) is 22.2 Å². The van der Waals surface area contributed by atoms with Crippen LogP contribution in [0.3, 0.4) is 0 Å². The van der Waals surface area contributed by atoms with Crippen LogP contribution in [0.1, 0.15) is 5.56 Å². The molecule has 1 atom stereocenters. The Kier molecular flexibility index (Phi) is 6.45. The molecule has 4 aromatic rings. The van der Waals surface area contributed by atoms with Crippen LogP contribution in [0, 0.1) is 5.82 Å². The van der Waals surface area contributed by atoms with E-state index in [1.807, 2.05) is 36.4 Å². The van der Waals surface area contributed by atoms with Crippen LogP contribution in [-0.4, -0.2) is 36.6 Å². The molecule has 0 radical (unpaired) electrons. The summed E-state index contributed by atoms with van der Waals surface area (Å²) in [5, 5.41) is 18.2. The molecule has 0 saturated heterocycles. The van der Waals surface area contributed by atoms with Crippen LogP contribution in [0.5, 0.6) is 11.5 Å². The van der Waals surface area contributed by atoms with Crippen molar-refractivity contribution in [2.75, 3.05) is 20.3 Å². The topological polar surface area (TPSA) is 76.8 Å². The summed E-state index contributed by atoms with van der Waals surface area (Å²) in [4.78, 5) is 0. The summed E-state index contributed by atoms with van der Waals surface area (Å²) in [6.45, 7) is 1.13. The quantitative estimate of drug-likeness (QED) is 0.422. The van der Waals surface area contributed by atoms with Crippen molar-refractivity contribution in [2.24, 2.45) is 0 Å². The Labute approximate surface area is 179 Å². The molecule has 0 spiro atoms. The second kappa shape index (κ2) is 9.59. The molecule has 0 fully saturated rings. The molecule has 31 heavy (non-hydrogen) atoms. The summed E-state index contributed by atoms with van der Waals surface area (Å²) in [6, 6.07) is 19.4. The molecule has 1 aromatic heterocycles. The Morgan fingerprint density at radius 1 is 1.10 bits per heavy atom. The number of benzene rings is 3. The smallest absolute Gasteiger partial charge is 0.170 e. The summed E-state index contributed by atoms with van der Waals surface area (Å²) in [5.41, 5.74) is 2.90. The van der Waals surface area contributed by atoms with E-state index in [0.717, 1.165) is 22.3 Å². The van der Waals surface area contributed by atoms with E-state index in [9.17, 15) is 9.50 Å². The van der Waals surface area contributed by atoms with E-state index < -0.39 is 6.10 Å². The second-order valence-corrected chi connectivity index (χ2v) is 7.10. The molecule has 0 bridgehead atoms. The van der Waals surface area contributed by atoms with Gasteiger partial charge in [-0.3, -0.25) is 0 Å². The van der Waals surface area contributed by atoms with Gasteiger partial charge < -0.3 is 24.4 Å². The minimum Gasteiger partial charge on any atom is -0.496 e. The molecule has 7 heteroatoms. The largest absolute Gasteiger partial charge is 0.496 e. The van der Waals surface area contributed by atoms with Crippen LogP contribution in [0.4, 0.5) is 4.39 Å². The number of hydrogen-bond donors (Lipinski definition) is 2. The zero-order chi connectivity index (χ0) is 21.6. The third-order valence-electron chi connectivity index (χ3n) is 4.89. The van der Waals surface area contributed by atoms with Crippen molar-refractivity contribution in [2.45, 2.75) is 12.6 Å². The van der Waals surface area contributed by atoms with Gasteiger partial charge in [-0.2, -0.15) is 0 Å². The van der Waals surface area contributed by atoms with Gasteiger partial charge >= 0.3 is 0 Å². The molecule has 6 nitrogen and oxygen atoms in total. The van der Waals surface area contributed by atoms with Crippen molar-refractivity contribution in [3.05, 3.63) is 78.1 Å². The first-order valence-electron chi connectivity index (χ1n) is 9.93. The Morgan fingerprint density at radius 3 is 2.71 bits per heavy atom. The lowest BCUT2D eigenvalue weighted by molar-refractivity contribution is 0.106. The van der Waals surface area contributed by atoms with Crippen LogP contribution < -0.4 is 14.8 Å². The van der Waals surface area contributed by atoms with E-state index in [4.69, 9.17) is 14.0 Å². The molecule has 1 heterocycles. The Bertz CT molecular complexity index is 1140. The molecule has 0 aliphatic heterocycles. The number of nitrogens with zero attached hydrogens (tertiary/aromatic N) is 1. The predicted molar refractivity (Wildman–Crippen MR) is 116 cm³/mol. The second-order valence-electron chi connectivity index (χ2n) is 7.10. The van der Waals surface area contributed by atoms with Crippen molar-refractivity contribution in [3.8, 4) is 22.8 Å². The number of nitrogens with one attached hydrogen (secondary N) is 1. The first-order valence-corrected chi connectivity index (χ1v) is 9.93. The molecule has 0 aliphatic rings. The maximum atomic E-state index is 13.3. The molecule has 3 aromatic carbocycles. The maximum absolute atomic E-state index is 13.3. The normalized spacial score (nSPS) is 12.1. The molecule has 4 rings (SSSR count). The van der Waals surface area contributed by atoms with E-state index in [0.29, 0.717) is 30.1 Å². The fourth-order valence-corrected chi connectivity index (χ4v) is 3.30. The fraction of sp³-hybridized carbons (Fsp3) is 0.208. The third-order valence-corrected chi connectivity index (χ3v) is 4.89. The highest BCUT2D eigenvalue weighted by molar-refractivity contribution is 5.91. The molecular weight excluding hydrogens is 399 g/mol. The van der Waals surface area contributed by atoms with Gasteiger partial charge in [0, 0.05) is 35.7 Å². The first kappa shape index (κ1) is 20.8. The average molecular weight is 422 g/mol. The van der Waals surface area contributed by atoms with Gasteiger partial charge in [-0.25, -0.2) is 4.39 Å². The highest BCUT2D eigenvalue weighted by Crippen LogP contribution is 2.29. The van der Waals surface area contributed by atoms with Crippen molar-refractivity contribution in [1.82, 2.24) is 10.5 Å². The number of rotatable bonds is 9. The van der Waals surface area contributed by atoms with Gasteiger partial charge in [-0.05, 0) is 42.5 Å². The van der Waals surface area contributed by atoms with Crippen molar-refractivity contribution in [3.63, 3.8) is 0 Å². The zero-order valence-electron chi connectivity index (χ0n) is 17.0. The number of ether oxygens (including phenoxy) is 2. The van der Waals surface area contributed by atoms with E-state index >= 15 is 0 Å². The molecule has 0 saturated carbocycles. The van der Waals surface area contributed by atoms with Crippen LogP contribution >= 0.6 is 0 Å².